The highest BCUT2D eigenvalue weighted by atomic mass is 16.5. The van der Waals surface area contributed by atoms with Crippen molar-refractivity contribution in [3.8, 4) is 5.75 Å². The van der Waals surface area contributed by atoms with Gasteiger partial charge in [-0.15, -0.1) is 6.58 Å². The lowest BCUT2D eigenvalue weighted by atomic mass is 9.95. The highest BCUT2D eigenvalue weighted by Gasteiger charge is 2.43. The van der Waals surface area contributed by atoms with Gasteiger partial charge in [0, 0.05) is 26.8 Å². The first-order valence-corrected chi connectivity index (χ1v) is 9.53. The summed E-state index contributed by atoms with van der Waals surface area (Å²) in [5.74, 6) is 0.717. The van der Waals surface area contributed by atoms with Crippen molar-refractivity contribution in [2.45, 2.75) is 19.4 Å². The maximum Gasteiger partial charge on any atom is 0.322 e. The molecule has 0 aliphatic carbocycles. The Kier molecular flexibility index (Phi) is 6.36. The number of rotatable bonds is 9. The van der Waals surface area contributed by atoms with Crippen LogP contribution >= 0.6 is 0 Å². The van der Waals surface area contributed by atoms with Crippen LogP contribution in [0.15, 0.2) is 48.2 Å². The predicted octanol–water partition coefficient (Wildman–Crippen LogP) is 2.47. The van der Waals surface area contributed by atoms with Crippen LogP contribution in [0.25, 0.3) is 0 Å². The zero-order valence-corrected chi connectivity index (χ0v) is 16.4. The van der Waals surface area contributed by atoms with Crippen molar-refractivity contribution in [2.75, 3.05) is 40.0 Å². The van der Waals surface area contributed by atoms with Gasteiger partial charge in [-0.25, -0.2) is 4.79 Å². The van der Waals surface area contributed by atoms with Crippen LogP contribution in [0.3, 0.4) is 0 Å². The van der Waals surface area contributed by atoms with Crippen LogP contribution in [-0.2, 0) is 9.53 Å². The largest absolute Gasteiger partial charge is 0.494 e. The number of amides is 3. The van der Waals surface area contributed by atoms with Gasteiger partial charge in [0.05, 0.1) is 30.5 Å². The van der Waals surface area contributed by atoms with E-state index in [9.17, 15) is 9.59 Å². The van der Waals surface area contributed by atoms with Crippen LogP contribution in [0, 0.1) is 0 Å². The zero-order valence-electron chi connectivity index (χ0n) is 16.4. The normalized spacial score (nSPS) is 19.0. The summed E-state index contributed by atoms with van der Waals surface area (Å²) < 4.78 is 10.6. The number of ether oxygens (including phenoxy) is 2. The van der Waals surface area contributed by atoms with E-state index < -0.39 is 6.04 Å². The van der Waals surface area contributed by atoms with Crippen molar-refractivity contribution in [1.82, 2.24) is 15.1 Å². The number of carbonyl (C=O) groups excluding carboxylic acids is 2. The molecule has 1 unspecified atom stereocenters. The van der Waals surface area contributed by atoms with Crippen LogP contribution in [0.1, 0.15) is 24.9 Å². The Hall–Kier alpha value is -2.80. The van der Waals surface area contributed by atoms with Gasteiger partial charge in [0.1, 0.15) is 5.75 Å². The number of methoxy groups -OCH3 is 1. The van der Waals surface area contributed by atoms with Gasteiger partial charge in [0.25, 0.3) is 5.91 Å². The van der Waals surface area contributed by atoms with Gasteiger partial charge >= 0.3 is 6.03 Å². The minimum Gasteiger partial charge on any atom is -0.494 e. The van der Waals surface area contributed by atoms with E-state index in [2.05, 4.69) is 11.9 Å². The second kappa shape index (κ2) is 8.93. The monoisotopic (exact) mass is 385 g/mol. The predicted molar refractivity (Wildman–Crippen MR) is 106 cm³/mol. The molecule has 0 saturated heterocycles. The number of nitrogens with zero attached hydrogens (tertiary/aromatic N) is 2. The topological polar surface area (TPSA) is 71.1 Å². The summed E-state index contributed by atoms with van der Waals surface area (Å²) in [7, 11) is 1.64. The van der Waals surface area contributed by atoms with E-state index in [4.69, 9.17) is 9.47 Å². The van der Waals surface area contributed by atoms with E-state index in [0.29, 0.717) is 38.4 Å². The summed E-state index contributed by atoms with van der Waals surface area (Å²) in [6.45, 7) is 8.20. The average molecular weight is 385 g/mol. The highest BCUT2D eigenvalue weighted by molar-refractivity contribution is 6.01. The van der Waals surface area contributed by atoms with Crippen LogP contribution in [-0.4, -0.2) is 61.7 Å². The maximum absolute atomic E-state index is 13.1. The first-order valence-electron chi connectivity index (χ1n) is 9.53. The molecule has 7 heteroatoms. The standard InChI is InChI=1S/C21H27N3O4/c1-4-11-24-17-14-23(12-6-13-27-3)20(25)18(17)19(22-21(24)26)15-7-9-16(10-8-15)28-5-2/h4,7-10,19H,1,5-6,11-14H2,2-3H3,(H,22,26). The molecule has 1 N–H and O–H groups in total. The lowest BCUT2D eigenvalue weighted by molar-refractivity contribution is -0.125. The number of hydrogen-bond acceptors (Lipinski definition) is 4. The van der Waals surface area contributed by atoms with Crippen molar-refractivity contribution in [3.05, 3.63) is 53.8 Å². The molecule has 2 aliphatic rings. The summed E-state index contributed by atoms with van der Waals surface area (Å²) in [4.78, 5) is 29.2. The van der Waals surface area contributed by atoms with Gasteiger partial charge in [0.2, 0.25) is 0 Å². The van der Waals surface area contributed by atoms with Crippen molar-refractivity contribution in [3.63, 3.8) is 0 Å². The first-order chi connectivity index (χ1) is 13.6. The lowest BCUT2D eigenvalue weighted by Gasteiger charge is -2.33. The Bertz CT molecular complexity index is 772. The van der Waals surface area contributed by atoms with Crippen LogP contribution in [0.2, 0.25) is 0 Å². The Labute approximate surface area is 165 Å². The molecular weight excluding hydrogens is 358 g/mol. The number of urea groups is 1. The van der Waals surface area contributed by atoms with E-state index in [0.717, 1.165) is 23.4 Å². The molecule has 3 rings (SSSR count). The third-order valence-corrected chi connectivity index (χ3v) is 4.91. The minimum absolute atomic E-state index is 0.0425. The summed E-state index contributed by atoms with van der Waals surface area (Å²) in [5, 5.41) is 2.98. The molecule has 28 heavy (non-hydrogen) atoms. The quantitative estimate of drug-likeness (QED) is 0.524. The first kappa shape index (κ1) is 19.9. The molecule has 0 fully saturated rings. The molecular formula is C21H27N3O4. The Morgan fingerprint density at radius 2 is 2.04 bits per heavy atom. The maximum atomic E-state index is 13.1. The molecule has 1 aromatic carbocycles. The van der Waals surface area contributed by atoms with Gasteiger partial charge in [-0.05, 0) is 31.0 Å². The van der Waals surface area contributed by atoms with Crippen molar-refractivity contribution in [2.24, 2.45) is 0 Å². The van der Waals surface area contributed by atoms with Gasteiger partial charge in [-0.2, -0.15) is 0 Å². The molecule has 1 aromatic rings. The van der Waals surface area contributed by atoms with Crippen LogP contribution in [0.5, 0.6) is 5.75 Å². The summed E-state index contributed by atoms with van der Waals surface area (Å²) >= 11 is 0. The molecule has 3 amide bonds. The molecule has 2 heterocycles. The lowest BCUT2D eigenvalue weighted by Crippen LogP contribution is -2.47. The molecule has 2 aliphatic heterocycles. The average Bonchev–Trinajstić information content (AvgIpc) is 3.02. The Balaban J connectivity index is 1.91. The smallest absolute Gasteiger partial charge is 0.322 e. The fourth-order valence-electron chi connectivity index (χ4n) is 3.62. The summed E-state index contributed by atoms with van der Waals surface area (Å²) in [5.41, 5.74) is 2.24. The van der Waals surface area contributed by atoms with E-state index in [1.54, 1.807) is 23.0 Å². The van der Waals surface area contributed by atoms with Crippen molar-refractivity contribution < 1.29 is 19.1 Å². The Morgan fingerprint density at radius 1 is 1.29 bits per heavy atom. The molecule has 1 atom stereocenters. The van der Waals surface area contributed by atoms with Crippen LogP contribution in [0.4, 0.5) is 4.79 Å². The molecule has 0 bridgehead atoms. The summed E-state index contributed by atoms with van der Waals surface area (Å²) in [6, 6.07) is 6.81. The van der Waals surface area contributed by atoms with E-state index in [1.807, 2.05) is 31.2 Å². The van der Waals surface area contributed by atoms with Gasteiger partial charge in [-0.3, -0.25) is 9.69 Å². The van der Waals surface area contributed by atoms with E-state index in [-0.39, 0.29) is 11.9 Å². The third-order valence-electron chi connectivity index (χ3n) is 4.91. The minimum atomic E-state index is -0.473. The highest BCUT2D eigenvalue weighted by Crippen LogP contribution is 2.36. The molecule has 0 spiro atoms. The van der Waals surface area contributed by atoms with Crippen molar-refractivity contribution >= 4 is 11.9 Å². The van der Waals surface area contributed by atoms with E-state index in [1.165, 1.54) is 0 Å². The zero-order chi connectivity index (χ0) is 20.1. The fourth-order valence-corrected chi connectivity index (χ4v) is 3.62. The van der Waals surface area contributed by atoms with Crippen LogP contribution < -0.4 is 10.1 Å². The fraction of sp³-hybridized carbons (Fsp3) is 0.429. The second-order valence-electron chi connectivity index (χ2n) is 6.72. The number of hydrogen-bond donors (Lipinski definition) is 1. The van der Waals surface area contributed by atoms with Crippen molar-refractivity contribution in [1.29, 1.82) is 0 Å². The number of benzene rings is 1. The molecule has 0 radical (unpaired) electrons. The SMILES string of the molecule is C=CCN1C(=O)NC(c2ccc(OCC)cc2)C2=C1CN(CCCOC)C2=O. The van der Waals surface area contributed by atoms with Gasteiger partial charge in [-0.1, -0.05) is 18.2 Å². The molecule has 0 aromatic heterocycles. The number of carbonyl (C=O) groups is 2. The summed E-state index contributed by atoms with van der Waals surface area (Å²) in [6.07, 6.45) is 2.42. The second-order valence-corrected chi connectivity index (χ2v) is 6.72. The molecule has 150 valence electrons. The Morgan fingerprint density at radius 3 is 2.68 bits per heavy atom. The van der Waals surface area contributed by atoms with Gasteiger partial charge in [0.15, 0.2) is 0 Å². The third kappa shape index (κ3) is 3.89. The number of nitrogens with one attached hydrogen (secondary N) is 1. The van der Waals surface area contributed by atoms with Gasteiger partial charge < -0.3 is 19.7 Å². The molecule has 0 saturated carbocycles. The molecule has 7 nitrogen and oxygen atoms in total. The van der Waals surface area contributed by atoms with E-state index >= 15 is 0 Å².